The van der Waals surface area contributed by atoms with Crippen LogP contribution in [-0.2, 0) is 4.79 Å². The summed E-state index contributed by atoms with van der Waals surface area (Å²) in [6, 6.07) is 0.486. The summed E-state index contributed by atoms with van der Waals surface area (Å²) in [6.07, 6.45) is 0.412. The number of carboxylic acids is 1. The predicted octanol–water partition coefficient (Wildman–Crippen LogP) is 2.61. The van der Waals surface area contributed by atoms with Crippen LogP contribution in [0.2, 0.25) is 0 Å². The summed E-state index contributed by atoms with van der Waals surface area (Å²) in [5.74, 6) is -0.803. The number of carbonyl (C=O) groups is 2. The number of carbonyl (C=O) groups excluding carboxylic acids is 1. The van der Waals surface area contributed by atoms with Crippen LogP contribution in [0.1, 0.15) is 38.8 Å². The second kappa shape index (κ2) is 7.13. The van der Waals surface area contributed by atoms with Gasteiger partial charge in [0.05, 0.1) is 6.04 Å². The molecular formula is C13H20N2O3S. The maximum absolute atomic E-state index is 11.8. The number of hydrogen-bond acceptors (Lipinski definition) is 3. The highest BCUT2D eigenvalue weighted by Crippen LogP contribution is 2.15. The van der Waals surface area contributed by atoms with Crippen LogP contribution in [0.25, 0.3) is 0 Å². The minimum Gasteiger partial charge on any atom is -0.480 e. The topological polar surface area (TPSA) is 78.4 Å². The lowest BCUT2D eigenvalue weighted by Crippen LogP contribution is -2.47. The van der Waals surface area contributed by atoms with Crippen molar-refractivity contribution in [2.45, 2.75) is 39.3 Å². The Morgan fingerprint density at radius 3 is 2.47 bits per heavy atom. The zero-order valence-corrected chi connectivity index (χ0v) is 12.2. The molecule has 0 saturated carbocycles. The summed E-state index contributed by atoms with van der Waals surface area (Å²) in [6.45, 7) is 5.70. The van der Waals surface area contributed by atoms with Crippen molar-refractivity contribution in [3.8, 4) is 0 Å². The van der Waals surface area contributed by atoms with Gasteiger partial charge in [-0.1, -0.05) is 13.8 Å². The number of carboxylic acid groups (broad SMARTS) is 1. The van der Waals surface area contributed by atoms with Crippen LogP contribution < -0.4 is 10.6 Å². The van der Waals surface area contributed by atoms with Gasteiger partial charge in [-0.15, -0.1) is 0 Å². The third-order valence-electron chi connectivity index (χ3n) is 2.70. The second-order valence-electron chi connectivity index (χ2n) is 4.92. The van der Waals surface area contributed by atoms with Crippen LogP contribution in [0.5, 0.6) is 0 Å². The monoisotopic (exact) mass is 284 g/mol. The van der Waals surface area contributed by atoms with Crippen molar-refractivity contribution in [2.24, 2.45) is 5.92 Å². The van der Waals surface area contributed by atoms with Gasteiger partial charge in [-0.05, 0) is 41.7 Å². The normalized spacial score (nSPS) is 13.9. The number of nitrogens with one attached hydrogen (secondary N) is 2. The van der Waals surface area contributed by atoms with E-state index in [0.29, 0.717) is 6.42 Å². The Balaban J connectivity index is 2.51. The Labute approximate surface area is 117 Å². The van der Waals surface area contributed by atoms with Crippen LogP contribution in [0, 0.1) is 5.92 Å². The molecule has 0 bridgehead atoms. The van der Waals surface area contributed by atoms with E-state index in [4.69, 9.17) is 5.11 Å². The summed E-state index contributed by atoms with van der Waals surface area (Å²) in [7, 11) is 0. The third-order valence-corrected chi connectivity index (χ3v) is 3.40. The first-order chi connectivity index (χ1) is 8.90. The van der Waals surface area contributed by atoms with E-state index in [1.54, 1.807) is 11.3 Å². The van der Waals surface area contributed by atoms with E-state index in [1.165, 1.54) is 0 Å². The van der Waals surface area contributed by atoms with Crippen LogP contribution in [0.4, 0.5) is 4.79 Å². The Hall–Kier alpha value is -1.56. The quantitative estimate of drug-likeness (QED) is 0.751. The Bertz CT molecular complexity index is 418. The van der Waals surface area contributed by atoms with Gasteiger partial charge in [0.2, 0.25) is 0 Å². The summed E-state index contributed by atoms with van der Waals surface area (Å²) in [5.41, 5.74) is 1.01. The number of urea groups is 1. The summed E-state index contributed by atoms with van der Waals surface area (Å²) in [5, 5.41) is 18.2. The van der Waals surface area contributed by atoms with Crippen molar-refractivity contribution in [2.75, 3.05) is 0 Å². The third kappa shape index (κ3) is 5.30. The number of amides is 2. The zero-order valence-electron chi connectivity index (χ0n) is 11.3. The van der Waals surface area contributed by atoms with Gasteiger partial charge in [0.25, 0.3) is 0 Å². The van der Waals surface area contributed by atoms with Crippen molar-refractivity contribution in [3.63, 3.8) is 0 Å². The lowest BCUT2D eigenvalue weighted by atomic mass is 10.0. The minimum absolute atomic E-state index is 0.139. The molecular weight excluding hydrogens is 264 g/mol. The molecule has 1 aromatic rings. The maximum atomic E-state index is 11.8. The highest BCUT2D eigenvalue weighted by molar-refractivity contribution is 7.07. The second-order valence-corrected chi connectivity index (χ2v) is 5.70. The minimum atomic E-state index is -1.01. The molecule has 0 aliphatic heterocycles. The van der Waals surface area contributed by atoms with Crippen molar-refractivity contribution >= 4 is 23.3 Å². The highest BCUT2D eigenvalue weighted by atomic mass is 32.1. The molecule has 0 spiro atoms. The van der Waals surface area contributed by atoms with Gasteiger partial charge in [-0.2, -0.15) is 11.3 Å². The molecule has 2 atom stereocenters. The first-order valence-corrected chi connectivity index (χ1v) is 7.16. The lowest BCUT2D eigenvalue weighted by Gasteiger charge is -2.19. The Morgan fingerprint density at radius 2 is 2.00 bits per heavy atom. The molecule has 5 nitrogen and oxygen atoms in total. The summed E-state index contributed by atoms with van der Waals surface area (Å²) >= 11 is 1.56. The summed E-state index contributed by atoms with van der Waals surface area (Å²) in [4.78, 5) is 22.8. The van der Waals surface area contributed by atoms with E-state index >= 15 is 0 Å². The van der Waals surface area contributed by atoms with E-state index in [2.05, 4.69) is 10.6 Å². The molecule has 19 heavy (non-hydrogen) atoms. The van der Waals surface area contributed by atoms with Crippen LogP contribution >= 0.6 is 11.3 Å². The largest absolute Gasteiger partial charge is 0.480 e. The molecule has 0 saturated heterocycles. The smallest absolute Gasteiger partial charge is 0.326 e. The SMILES string of the molecule is CC(C)C[C@@H](NC(=O)NC(C)c1ccsc1)C(=O)O. The van der Waals surface area contributed by atoms with Crippen LogP contribution in [-0.4, -0.2) is 23.1 Å². The van der Waals surface area contributed by atoms with E-state index < -0.39 is 18.0 Å². The van der Waals surface area contributed by atoms with Gasteiger partial charge in [0.15, 0.2) is 0 Å². The van der Waals surface area contributed by atoms with Crippen LogP contribution in [0.15, 0.2) is 16.8 Å². The van der Waals surface area contributed by atoms with E-state index in [1.807, 2.05) is 37.6 Å². The first-order valence-electron chi connectivity index (χ1n) is 6.22. The number of aliphatic carboxylic acids is 1. The van der Waals surface area contributed by atoms with Crippen molar-refractivity contribution in [1.82, 2.24) is 10.6 Å². The fraction of sp³-hybridized carbons (Fsp3) is 0.538. The Morgan fingerprint density at radius 1 is 1.32 bits per heavy atom. The molecule has 0 aliphatic rings. The number of thiophene rings is 1. The van der Waals surface area contributed by atoms with Crippen molar-refractivity contribution < 1.29 is 14.7 Å². The van der Waals surface area contributed by atoms with Gasteiger partial charge in [0.1, 0.15) is 6.04 Å². The van der Waals surface area contributed by atoms with Crippen molar-refractivity contribution in [1.29, 1.82) is 0 Å². The molecule has 1 unspecified atom stereocenters. The molecule has 1 heterocycles. The molecule has 0 fully saturated rings. The molecule has 0 aromatic carbocycles. The average Bonchev–Trinajstić information content (AvgIpc) is 2.80. The fourth-order valence-electron chi connectivity index (χ4n) is 1.69. The highest BCUT2D eigenvalue weighted by Gasteiger charge is 2.21. The summed E-state index contributed by atoms with van der Waals surface area (Å²) < 4.78 is 0. The number of hydrogen-bond donors (Lipinski definition) is 3. The molecule has 2 amide bonds. The van der Waals surface area contributed by atoms with E-state index in [0.717, 1.165) is 5.56 Å². The first kappa shape index (κ1) is 15.5. The number of rotatable bonds is 6. The molecule has 6 heteroatoms. The van der Waals surface area contributed by atoms with Gasteiger partial charge < -0.3 is 15.7 Å². The molecule has 1 rings (SSSR count). The average molecular weight is 284 g/mol. The maximum Gasteiger partial charge on any atom is 0.326 e. The van der Waals surface area contributed by atoms with E-state index in [-0.39, 0.29) is 12.0 Å². The molecule has 106 valence electrons. The predicted molar refractivity (Wildman–Crippen MR) is 75.3 cm³/mol. The van der Waals surface area contributed by atoms with Gasteiger partial charge >= 0.3 is 12.0 Å². The molecule has 1 aromatic heterocycles. The lowest BCUT2D eigenvalue weighted by molar-refractivity contribution is -0.139. The Kier molecular flexibility index (Phi) is 5.82. The molecule has 3 N–H and O–H groups in total. The van der Waals surface area contributed by atoms with Crippen molar-refractivity contribution in [3.05, 3.63) is 22.4 Å². The molecule has 0 aliphatic carbocycles. The van der Waals surface area contributed by atoms with Gasteiger partial charge in [-0.25, -0.2) is 9.59 Å². The van der Waals surface area contributed by atoms with Crippen LogP contribution in [0.3, 0.4) is 0 Å². The zero-order chi connectivity index (χ0) is 14.4. The van der Waals surface area contributed by atoms with Gasteiger partial charge in [-0.3, -0.25) is 0 Å². The molecule has 0 radical (unpaired) electrons. The fourth-order valence-corrected chi connectivity index (χ4v) is 2.45. The standard InChI is InChI=1S/C13H20N2O3S/c1-8(2)6-11(12(16)17)15-13(18)14-9(3)10-4-5-19-7-10/h4-5,7-9,11H,6H2,1-3H3,(H,16,17)(H2,14,15,18)/t9?,11-/m1/s1. The van der Waals surface area contributed by atoms with E-state index in [9.17, 15) is 9.59 Å². The van der Waals surface area contributed by atoms with Gasteiger partial charge in [0, 0.05) is 0 Å².